The fourth-order valence-corrected chi connectivity index (χ4v) is 1.91. The first-order valence-electron chi connectivity index (χ1n) is 5.95. The van der Waals surface area contributed by atoms with Gasteiger partial charge in [0.1, 0.15) is 5.75 Å². The minimum atomic E-state index is -0.516. The van der Waals surface area contributed by atoms with Crippen LogP contribution < -0.4 is 4.74 Å². The topological polar surface area (TPSA) is 49.8 Å². The predicted molar refractivity (Wildman–Crippen MR) is 70.6 cm³/mol. The van der Waals surface area contributed by atoms with Crippen molar-refractivity contribution in [2.24, 2.45) is 0 Å². The highest BCUT2D eigenvalue weighted by Crippen LogP contribution is 2.26. The monoisotopic (exact) mass is 251 g/mol. The first-order valence-corrected chi connectivity index (χ1v) is 5.95. The number of benzene rings is 1. The maximum absolute atomic E-state index is 11.8. The van der Waals surface area contributed by atoms with Gasteiger partial charge in [-0.25, -0.2) is 0 Å². The Kier molecular flexibility index (Phi) is 4.73. The number of carbonyl (C=O) groups excluding carboxylic acids is 1. The van der Waals surface area contributed by atoms with Crippen molar-refractivity contribution in [2.45, 2.75) is 33.5 Å². The van der Waals surface area contributed by atoms with Gasteiger partial charge < -0.3 is 14.7 Å². The van der Waals surface area contributed by atoms with E-state index in [1.54, 1.807) is 21.0 Å². The molecule has 1 unspecified atom stereocenters. The third kappa shape index (κ3) is 3.23. The highest BCUT2D eigenvalue weighted by atomic mass is 16.5. The van der Waals surface area contributed by atoms with Crippen LogP contribution in [0.2, 0.25) is 0 Å². The van der Waals surface area contributed by atoms with Gasteiger partial charge in [-0.15, -0.1) is 0 Å². The van der Waals surface area contributed by atoms with E-state index >= 15 is 0 Å². The Bertz CT molecular complexity index is 418. The lowest BCUT2D eigenvalue weighted by atomic mass is 10.1. The van der Waals surface area contributed by atoms with E-state index in [1.807, 2.05) is 26.0 Å². The summed E-state index contributed by atoms with van der Waals surface area (Å²) >= 11 is 0. The van der Waals surface area contributed by atoms with Crippen LogP contribution in [-0.4, -0.2) is 36.1 Å². The highest BCUT2D eigenvalue weighted by molar-refractivity contribution is 5.80. The van der Waals surface area contributed by atoms with E-state index in [4.69, 9.17) is 9.84 Å². The van der Waals surface area contributed by atoms with Crippen LogP contribution in [0.3, 0.4) is 0 Å². The van der Waals surface area contributed by atoms with Crippen LogP contribution in [0, 0.1) is 13.8 Å². The van der Waals surface area contributed by atoms with Gasteiger partial charge in [0.2, 0.25) is 0 Å². The number of aryl methyl sites for hydroxylation is 2. The molecule has 0 aliphatic rings. The van der Waals surface area contributed by atoms with Gasteiger partial charge in [0, 0.05) is 14.1 Å². The number of likely N-dealkylation sites (N-methyl/N-ethyl adjacent to an activating group) is 1. The molecule has 0 saturated heterocycles. The molecule has 0 bridgehead atoms. The van der Waals surface area contributed by atoms with Crippen LogP contribution in [-0.2, 0) is 11.4 Å². The Balaban J connectivity index is 2.95. The molecule has 0 radical (unpaired) electrons. The van der Waals surface area contributed by atoms with Crippen molar-refractivity contribution in [3.63, 3.8) is 0 Å². The summed E-state index contributed by atoms with van der Waals surface area (Å²) in [5, 5.41) is 9.12. The second kappa shape index (κ2) is 5.87. The molecule has 0 spiro atoms. The van der Waals surface area contributed by atoms with Gasteiger partial charge in [-0.05, 0) is 37.5 Å². The molecule has 4 heteroatoms. The standard InChI is InChI=1S/C14H21NO3/c1-9-6-12(8-16)7-10(2)13(9)18-11(3)14(17)15(4)5/h6-7,11,16H,8H2,1-5H3. The van der Waals surface area contributed by atoms with E-state index < -0.39 is 6.10 Å². The molecule has 18 heavy (non-hydrogen) atoms. The predicted octanol–water partition coefficient (Wildman–Crippen LogP) is 1.65. The van der Waals surface area contributed by atoms with E-state index in [9.17, 15) is 4.79 Å². The zero-order valence-electron chi connectivity index (χ0n) is 11.7. The molecule has 1 aromatic carbocycles. The van der Waals surface area contributed by atoms with Crippen LogP contribution >= 0.6 is 0 Å². The summed E-state index contributed by atoms with van der Waals surface area (Å²) < 4.78 is 5.73. The summed E-state index contributed by atoms with van der Waals surface area (Å²) in [7, 11) is 3.41. The molecule has 0 heterocycles. The summed E-state index contributed by atoms with van der Waals surface area (Å²) in [5.41, 5.74) is 2.71. The van der Waals surface area contributed by atoms with Crippen molar-refractivity contribution in [2.75, 3.05) is 14.1 Å². The van der Waals surface area contributed by atoms with Gasteiger partial charge >= 0.3 is 0 Å². The summed E-state index contributed by atoms with van der Waals surface area (Å²) in [6.07, 6.45) is -0.516. The van der Waals surface area contributed by atoms with Crippen LogP contribution in [0.25, 0.3) is 0 Å². The average Bonchev–Trinajstić information content (AvgIpc) is 2.31. The van der Waals surface area contributed by atoms with Crippen molar-refractivity contribution >= 4 is 5.91 Å². The number of carbonyl (C=O) groups is 1. The van der Waals surface area contributed by atoms with Crippen LogP contribution in [0.1, 0.15) is 23.6 Å². The SMILES string of the molecule is Cc1cc(CO)cc(C)c1OC(C)C(=O)N(C)C. The van der Waals surface area contributed by atoms with Crippen molar-refractivity contribution in [3.05, 3.63) is 28.8 Å². The summed E-state index contributed by atoms with van der Waals surface area (Å²) in [4.78, 5) is 13.3. The molecule has 0 aliphatic heterocycles. The molecule has 100 valence electrons. The second-order valence-electron chi connectivity index (χ2n) is 4.71. The zero-order chi connectivity index (χ0) is 13.9. The van der Waals surface area contributed by atoms with Gasteiger partial charge in [0.15, 0.2) is 6.10 Å². The van der Waals surface area contributed by atoms with Gasteiger partial charge in [0.25, 0.3) is 5.91 Å². The number of aliphatic hydroxyl groups is 1. The number of nitrogens with zero attached hydrogens (tertiary/aromatic N) is 1. The van der Waals surface area contributed by atoms with Gasteiger partial charge in [-0.2, -0.15) is 0 Å². The van der Waals surface area contributed by atoms with Crippen molar-refractivity contribution in [1.82, 2.24) is 4.90 Å². The lowest BCUT2D eigenvalue weighted by Gasteiger charge is -2.21. The maximum Gasteiger partial charge on any atom is 0.262 e. The Morgan fingerprint density at radius 2 is 1.83 bits per heavy atom. The number of hydrogen-bond acceptors (Lipinski definition) is 3. The summed E-state index contributed by atoms with van der Waals surface area (Å²) in [6, 6.07) is 3.74. The quantitative estimate of drug-likeness (QED) is 0.885. The number of hydrogen-bond donors (Lipinski definition) is 1. The molecule has 1 aromatic rings. The third-order valence-corrected chi connectivity index (χ3v) is 2.79. The Hall–Kier alpha value is -1.55. The van der Waals surface area contributed by atoms with Crippen molar-refractivity contribution in [3.8, 4) is 5.75 Å². The molecule has 1 rings (SSSR count). The largest absolute Gasteiger partial charge is 0.480 e. The number of rotatable bonds is 4. The maximum atomic E-state index is 11.8. The molecule has 4 nitrogen and oxygen atoms in total. The summed E-state index contributed by atoms with van der Waals surface area (Å²) in [6.45, 7) is 5.57. The molecular weight excluding hydrogens is 230 g/mol. The van der Waals surface area contributed by atoms with Gasteiger partial charge in [-0.1, -0.05) is 12.1 Å². The molecule has 0 aliphatic carbocycles. The van der Waals surface area contributed by atoms with Crippen LogP contribution in [0.5, 0.6) is 5.75 Å². The first kappa shape index (κ1) is 14.5. The second-order valence-corrected chi connectivity index (χ2v) is 4.71. The fraction of sp³-hybridized carbons (Fsp3) is 0.500. The minimum Gasteiger partial charge on any atom is -0.480 e. The van der Waals surface area contributed by atoms with E-state index in [2.05, 4.69) is 0 Å². The van der Waals surface area contributed by atoms with Crippen molar-refractivity contribution < 1.29 is 14.6 Å². The third-order valence-electron chi connectivity index (χ3n) is 2.79. The Morgan fingerprint density at radius 3 is 2.22 bits per heavy atom. The molecular formula is C14H21NO3. The minimum absolute atomic E-state index is 0.00808. The average molecular weight is 251 g/mol. The molecule has 0 fully saturated rings. The smallest absolute Gasteiger partial charge is 0.262 e. The number of aliphatic hydroxyl groups excluding tert-OH is 1. The van der Waals surface area contributed by atoms with E-state index in [1.165, 1.54) is 4.90 Å². The Labute approximate surface area is 108 Å². The number of ether oxygens (including phenoxy) is 1. The molecule has 1 N–H and O–H groups in total. The first-order chi connectivity index (χ1) is 8.36. The highest BCUT2D eigenvalue weighted by Gasteiger charge is 2.18. The lowest BCUT2D eigenvalue weighted by molar-refractivity contribution is -0.135. The normalized spacial score (nSPS) is 12.1. The van der Waals surface area contributed by atoms with Crippen LogP contribution in [0.4, 0.5) is 0 Å². The van der Waals surface area contributed by atoms with Gasteiger partial charge in [0.05, 0.1) is 6.61 Å². The van der Waals surface area contributed by atoms with Crippen LogP contribution in [0.15, 0.2) is 12.1 Å². The van der Waals surface area contributed by atoms with E-state index in [0.29, 0.717) is 0 Å². The molecule has 0 saturated carbocycles. The molecule has 0 aromatic heterocycles. The summed E-state index contributed by atoms with van der Waals surface area (Å²) in [5.74, 6) is 0.648. The Morgan fingerprint density at radius 1 is 1.33 bits per heavy atom. The van der Waals surface area contributed by atoms with Crippen molar-refractivity contribution in [1.29, 1.82) is 0 Å². The van der Waals surface area contributed by atoms with E-state index in [-0.39, 0.29) is 12.5 Å². The molecule has 1 amide bonds. The molecule has 1 atom stereocenters. The van der Waals surface area contributed by atoms with Gasteiger partial charge in [-0.3, -0.25) is 4.79 Å². The zero-order valence-corrected chi connectivity index (χ0v) is 11.7. The lowest BCUT2D eigenvalue weighted by Crippen LogP contribution is -2.35. The number of amides is 1. The van der Waals surface area contributed by atoms with E-state index in [0.717, 1.165) is 22.4 Å². The fourth-order valence-electron chi connectivity index (χ4n) is 1.91.